The van der Waals surface area contributed by atoms with E-state index in [9.17, 15) is 15.2 Å². The Bertz CT molecular complexity index is 1040. The molecule has 10 heteroatoms. The molecule has 1 amide bonds. The van der Waals surface area contributed by atoms with Crippen LogP contribution in [0.2, 0.25) is 0 Å². The molecule has 0 spiro atoms. The third kappa shape index (κ3) is 9.17. The summed E-state index contributed by atoms with van der Waals surface area (Å²) in [7, 11) is 0. The summed E-state index contributed by atoms with van der Waals surface area (Å²) in [6, 6.07) is 2.82. The number of primary amides is 1. The lowest BCUT2D eigenvalue weighted by Crippen LogP contribution is -2.47. The van der Waals surface area contributed by atoms with Crippen molar-refractivity contribution in [3.63, 3.8) is 0 Å². The fraction of sp³-hybridized carbons (Fsp3) is 0.586. The van der Waals surface area contributed by atoms with E-state index in [1.54, 1.807) is 0 Å². The first-order chi connectivity index (χ1) is 18.7. The number of hydrogen-bond acceptors (Lipinski definition) is 8. The zero-order valence-corrected chi connectivity index (χ0v) is 23.9. The van der Waals surface area contributed by atoms with E-state index in [0.717, 1.165) is 70.5 Å². The highest BCUT2D eigenvalue weighted by atomic mass is 16.3. The molecule has 5 N–H and O–H groups in total. The number of nitrogens with two attached hydrogens (primary N) is 2. The fourth-order valence-corrected chi connectivity index (χ4v) is 5.13. The molecular weight excluding hydrogens is 492 g/mol. The van der Waals surface area contributed by atoms with Gasteiger partial charge in [-0.05, 0) is 63.6 Å². The van der Waals surface area contributed by atoms with Gasteiger partial charge < -0.3 is 21.5 Å². The first kappa shape index (κ1) is 32.0. The van der Waals surface area contributed by atoms with Crippen molar-refractivity contribution in [1.29, 1.82) is 5.26 Å². The van der Waals surface area contributed by atoms with Crippen molar-refractivity contribution in [2.24, 2.45) is 27.4 Å². The monoisotopic (exact) mass is 538 g/mol. The van der Waals surface area contributed by atoms with Crippen molar-refractivity contribution < 1.29 is 9.90 Å². The number of allylic oxidation sites excluding steroid dienone is 3. The Kier molecular flexibility index (Phi) is 13.1. The quantitative estimate of drug-likeness (QED) is 0.120. The van der Waals surface area contributed by atoms with Gasteiger partial charge in [0, 0.05) is 38.8 Å². The van der Waals surface area contributed by atoms with E-state index in [4.69, 9.17) is 11.5 Å². The molecule has 2 fully saturated rings. The zero-order chi connectivity index (χ0) is 28.9. The van der Waals surface area contributed by atoms with Gasteiger partial charge in [0.05, 0.1) is 11.6 Å². The Hall–Kier alpha value is -3.26. The zero-order valence-electron chi connectivity index (χ0n) is 23.9. The van der Waals surface area contributed by atoms with Crippen molar-refractivity contribution >= 4 is 18.5 Å². The van der Waals surface area contributed by atoms with Gasteiger partial charge in [-0.1, -0.05) is 38.5 Å². The van der Waals surface area contributed by atoms with Crippen LogP contribution in [0.3, 0.4) is 0 Å². The van der Waals surface area contributed by atoms with Gasteiger partial charge >= 0.3 is 0 Å². The van der Waals surface area contributed by atoms with E-state index < -0.39 is 5.91 Å². The van der Waals surface area contributed by atoms with Crippen LogP contribution in [0.4, 0.5) is 0 Å². The van der Waals surface area contributed by atoms with Gasteiger partial charge in [0.15, 0.2) is 11.5 Å². The molecule has 39 heavy (non-hydrogen) atoms. The third-order valence-electron chi connectivity index (χ3n) is 7.72. The Balaban J connectivity index is 2.10. The number of aliphatic hydroxyl groups excluding tert-OH is 1. The predicted octanol–water partition coefficient (Wildman–Crippen LogP) is 2.16. The minimum Gasteiger partial charge on any atom is -0.388 e. The molecule has 10 nitrogen and oxygen atoms in total. The van der Waals surface area contributed by atoms with Crippen LogP contribution < -0.4 is 11.5 Å². The van der Waals surface area contributed by atoms with E-state index in [1.165, 1.54) is 5.57 Å². The minimum absolute atomic E-state index is 0.143. The number of amidine groups is 1. The summed E-state index contributed by atoms with van der Waals surface area (Å²) in [5.74, 6) is -0.163. The van der Waals surface area contributed by atoms with Gasteiger partial charge in [-0.15, -0.1) is 0 Å². The molecule has 0 radical (unpaired) electrons. The summed E-state index contributed by atoms with van der Waals surface area (Å²) in [6.45, 7) is 19.2. The molecule has 0 aromatic carbocycles. The maximum absolute atomic E-state index is 11.6. The fourth-order valence-electron chi connectivity index (χ4n) is 5.13. The predicted molar refractivity (Wildman–Crippen MR) is 158 cm³/mol. The van der Waals surface area contributed by atoms with Crippen molar-refractivity contribution in [3.05, 3.63) is 47.0 Å². The summed E-state index contributed by atoms with van der Waals surface area (Å²) in [5, 5.41) is 19.7. The number of hydrogen-bond donors (Lipinski definition) is 3. The SMILES string of the molecule is C=C/C(CN1CCC(N2CCN(/C(CO)=N/C(N)=C(\N=C)C(N)=O)CC(CC)C2)CC1)=C(C#N)\C=C(\C)CC. The summed E-state index contributed by atoms with van der Waals surface area (Å²) >= 11 is 0. The van der Waals surface area contributed by atoms with Gasteiger partial charge in [0.1, 0.15) is 12.4 Å². The van der Waals surface area contributed by atoms with Crippen molar-refractivity contribution in [3.8, 4) is 6.07 Å². The summed E-state index contributed by atoms with van der Waals surface area (Å²) < 4.78 is 0. The van der Waals surface area contributed by atoms with Gasteiger partial charge in [-0.3, -0.25) is 19.6 Å². The molecule has 2 aliphatic rings. The van der Waals surface area contributed by atoms with Crippen molar-refractivity contribution in [1.82, 2.24) is 14.7 Å². The lowest BCUT2D eigenvalue weighted by molar-refractivity contribution is -0.114. The number of likely N-dealkylation sites (tertiary alicyclic amines) is 1. The second kappa shape index (κ2) is 16.0. The van der Waals surface area contributed by atoms with Crippen LogP contribution in [-0.4, -0.2) is 96.7 Å². The van der Waals surface area contributed by atoms with Crippen LogP contribution in [0.25, 0.3) is 0 Å². The highest BCUT2D eigenvalue weighted by molar-refractivity contribution is 5.94. The van der Waals surface area contributed by atoms with Crippen LogP contribution in [0, 0.1) is 17.2 Å². The van der Waals surface area contributed by atoms with Crippen LogP contribution in [0.15, 0.2) is 57.0 Å². The molecule has 0 aromatic heterocycles. The van der Waals surface area contributed by atoms with E-state index in [0.29, 0.717) is 29.9 Å². The number of nitriles is 1. The van der Waals surface area contributed by atoms with Gasteiger partial charge in [0.2, 0.25) is 0 Å². The molecule has 2 saturated heterocycles. The maximum atomic E-state index is 11.6. The molecule has 0 aliphatic carbocycles. The lowest BCUT2D eigenvalue weighted by atomic mass is 9.99. The normalized spacial score (nSPS) is 21.9. The second-order valence-corrected chi connectivity index (χ2v) is 10.3. The molecule has 0 saturated carbocycles. The number of rotatable bonds is 11. The Labute approximate surface area is 233 Å². The number of amides is 1. The van der Waals surface area contributed by atoms with E-state index in [2.05, 4.69) is 53.0 Å². The molecule has 2 rings (SSSR count). The van der Waals surface area contributed by atoms with E-state index >= 15 is 0 Å². The Morgan fingerprint density at radius 3 is 2.38 bits per heavy atom. The number of piperidine rings is 1. The van der Waals surface area contributed by atoms with Crippen molar-refractivity contribution in [2.45, 2.75) is 52.5 Å². The summed E-state index contributed by atoms with van der Waals surface area (Å²) in [6.07, 6.45) is 7.81. The first-order valence-corrected chi connectivity index (χ1v) is 13.8. The van der Waals surface area contributed by atoms with Crippen LogP contribution >= 0.6 is 0 Å². The van der Waals surface area contributed by atoms with Gasteiger partial charge in [-0.25, -0.2) is 4.99 Å². The van der Waals surface area contributed by atoms with Crippen molar-refractivity contribution in [2.75, 3.05) is 52.4 Å². The molecule has 0 aromatic rings. The number of carbonyl (C=O) groups excluding carboxylic acids is 1. The first-order valence-electron chi connectivity index (χ1n) is 13.8. The molecular formula is C29H46N8O2. The van der Waals surface area contributed by atoms with E-state index in [1.807, 2.05) is 24.0 Å². The van der Waals surface area contributed by atoms with Crippen LogP contribution in [0.5, 0.6) is 0 Å². The maximum Gasteiger partial charge on any atom is 0.271 e. The van der Waals surface area contributed by atoms with Crippen LogP contribution in [-0.2, 0) is 4.79 Å². The number of aliphatic imine (C=N–C) groups is 2. The third-order valence-corrected chi connectivity index (χ3v) is 7.72. The minimum atomic E-state index is -0.810. The van der Waals surface area contributed by atoms with Gasteiger partial charge in [0.25, 0.3) is 5.91 Å². The summed E-state index contributed by atoms with van der Waals surface area (Å²) in [4.78, 5) is 26.5. The van der Waals surface area contributed by atoms with Crippen LogP contribution in [0.1, 0.15) is 46.5 Å². The number of nitrogens with zero attached hydrogens (tertiary/aromatic N) is 6. The standard InChI is InChI=1S/C29H46N8O2/c1-6-21(4)15-24(16-30)23(8-3)19-35-11-9-25(10-12-35)36-13-14-37(18-22(7-2)17-36)26(20-38)34-28(31)27(33-5)29(32)39/h8,15,22,25,38H,3,5-7,9-14,17-20,31H2,1-2,4H3,(H2,32,39)/b21-15-,24-23-,28-27-,34-26+. The molecule has 1 atom stereocenters. The molecule has 1 unspecified atom stereocenters. The van der Waals surface area contributed by atoms with E-state index in [-0.39, 0.29) is 18.1 Å². The van der Waals surface area contributed by atoms with Gasteiger partial charge in [-0.2, -0.15) is 5.26 Å². The smallest absolute Gasteiger partial charge is 0.271 e. The molecule has 0 bridgehead atoms. The highest BCUT2D eigenvalue weighted by Gasteiger charge is 2.30. The largest absolute Gasteiger partial charge is 0.388 e. The summed E-state index contributed by atoms with van der Waals surface area (Å²) in [5.41, 5.74) is 13.9. The molecule has 2 heterocycles. The Morgan fingerprint density at radius 2 is 1.87 bits per heavy atom. The molecule has 214 valence electrons. The second-order valence-electron chi connectivity index (χ2n) is 10.3. The average molecular weight is 539 g/mol. The average Bonchev–Trinajstić information content (AvgIpc) is 3.16. The lowest BCUT2D eigenvalue weighted by Gasteiger charge is -2.39. The Morgan fingerprint density at radius 1 is 1.18 bits per heavy atom. The number of aliphatic hydroxyl groups is 1. The molecule has 2 aliphatic heterocycles. The highest BCUT2D eigenvalue weighted by Crippen LogP contribution is 2.23. The number of carbonyl (C=O) groups is 1. The topological polar surface area (TPSA) is 148 Å².